The van der Waals surface area contributed by atoms with Crippen LogP contribution in [0.4, 0.5) is 0 Å². The van der Waals surface area contributed by atoms with Crippen LogP contribution in [-0.2, 0) is 14.1 Å². The van der Waals surface area contributed by atoms with Crippen LogP contribution < -0.4 is 9.42 Å². The molecule has 25 heavy (non-hydrogen) atoms. The van der Waals surface area contributed by atoms with Crippen LogP contribution in [0.15, 0.2) is 18.2 Å². The summed E-state index contributed by atoms with van der Waals surface area (Å²) < 4.78 is 16.7. The van der Waals surface area contributed by atoms with Crippen LogP contribution in [0.5, 0.6) is 5.75 Å². The van der Waals surface area contributed by atoms with E-state index in [0.29, 0.717) is 18.8 Å². The monoisotopic (exact) mass is 365 g/mol. The minimum absolute atomic E-state index is 0.136. The van der Waals surface area contributed by atoms with Gasteiger partial charge in [0.2, 0.25) is 0 Å². The van der Waals surface area contributed by atoms with Gasteiger partial charge in [0.1, 0.15) is 11.2 Å². The van der Waals surface area contributed by atoms with Gasteiger partial charge in [0.25, 0.3) is 7.94 Å². The molecule has 4 rings (SSSR count). The summed E-state index contributed by atoms with van der Waals surface area (Å²) in [6.07, 6.45) is 2.11. The fraction of sp³-hybridized carbons (Fsp3) is 0.611. The van der Waals surface area contributed by atoms with Crippen molar-refractivity contribution in [1.82, 2.24) is 4.90 Å². The lowest BCUT2D eigenvalue weighted by molar-refractivity contribution is -0.215. The zero-order valence-corrected chi connectivity index (χ0v) is 15.8. The number of methoxy groups -OCH3 is 1. The molecule has 0 amide bonds. The third kappa shape index (κ3) is 2.35. The number of hydrogen-bond acceptors (Lipinski definition) is 6. The van der Waals surface area contributed by atoms with Gasteiger partial charge in [-0.1, -0.05) is 17.7 Å². The summed E-state index contributed by atoms with van der Waals surface area (Å²) in [5, 5.41) is 0. The lowest BCUT2D eigenvalue weighted by Gasteiger charge is -2.41. The normalized spacial score (nSPS) is 36.3. The Bertz CT molecular complexity index is 713. The first-order chi connectivity index (χ1) is 11.9. The predicted molar refractivity (Wildman–Crippen MR) is 92.2 cm³/mol. The number of rotatable bonds is 3. The zero-order valence-electron chi connectivity index (χ0n) is 14.9. The van der Waals surface area contributed by atoms with Gasteiger partial charge in [0.15, 0.2) is 5.75 Å². The van der Waals surface area contributed by atoms with Crippen LogP contribution in [-0.4, -0.2) is 42.3 Å². The van der Waals surface area contributed by atoms with Gasteiger partial charge in [-0.2, -0.15) is 0 Å². The number of nitrogens with zero attached hydrogens (tertiary/aromatic N) is 1. The fourth-order valence-corrected chi connectivity index (χ4v) is 7.20. The Hall–Kier alpha value is -1.20. The van der Waals surface area contributed by atoms with Crippen LogP contribution in [0.1, 0.15) is 43.4 Å². The molecule has 2 saturated heterocycles. The van der Waals surface area contributed by atoms with Crippen molar-refractivity contribution in [2.24, 2.45) is 0 Å². The third-order valence-electron chi connectivity index (χ3n) is 5.78. The molecule has 1 aromatic carbocycles. The molecule has 4 atom stereocenters. The molecule has 0 radical (unpaired) electrons. The van der Waals surface area contributed by atoms with Gasteiger partial charge < -0.3 is 14.2 Å². The number of hydrogen-bond donors (Lipinski definition) is 0. The average molecular weight is 365 g/mol. The van der Waals surface area contributed by atoms with E-state index >= 15 is 0 Å². The molecular formula is C18H24NO5P. The van der Waals surface area contributed by atoms with Gasteiger partial charge in [-0.15, -0.1) is 0 Å². The number of ether oxygens (including phenoxy) is 1. The van der Waals surface area contributed by atoms with E-state index in [2.05, 4.69) is 11.0 Å². The molecular weight excluding hydrogens is 341 g/mol. The highest BCUT2D eigenvalue weighted by molar-refractivity contribution is 7.60. The molecule has 3 heterocycles. The second-order valence-corrected chi connectivity index (χ2v) is 9.31. The average Bonchev–Trinajstić information content (AvgIpc) is 3.13. The molecule has 136 valence electrons. The lowest BCUT2D eigenvalue weighted by atomic mass is 9.93. The molecule has 1 unspecified atom stereocenters. The molecule has 7 heteroatoms. The Morgan fingerprint density at radius 2 is 2.32 bits per heavy atom. The number of benzene rings is 1. The van der Waals surface area contributed by atoms with E-state index in [-0.39, 0.29) is 17.7 Å². The summed E-state index contributed by atoms with van der Waals surface area (Å²) in [6, 6.07) is 5.75. The zero-order chi connectivity index (χ0) is 17.8. The van der Waals surface area contributed by atoms with E-state index in [0.717, 1.165) is 30.5 Å². The first-order valence-electron chi connectivity index (χ1n) is 8.85. The van der Waals surface area contributed by atoms with E-state index in [1.54, 1.807) is 0 Å². The van der Waals surface area contributed by atoms with E-state index in [1.807, 2.05) is 26.0 Å². The smallest absolute Gasteiger partial charge is 0.326 e. The fourth-order valence-electron chi connectivity index (χ4n) is 4.83. The predicted octanol–water partition coefficient (Wildman–Crippen LogP) is 2.37. The molecule has 0 aromatic heterocycles. The molecule has 3 aliphatic rings. The summed E-state index contributed by atoms with van der Waals surface area (Å²) >= 11 is 0. The SMILES string of the molecule is CCO[P+]1([O-])Oc2ccc(C)cc2[C@H]2[C@@H]1C[C@@]1(C(=O)OC)CCCN21. The van der Waals surface area contributed by atoms with Crippen molar-refractivity contribution in [3.8, 4) is 5.75 Å². The van der Waals surface area contributed by atoms with E-state index < -0.39 is 13.5 Å². The van der Waals surface area contributed by atoms with E-state index in [1.165, 1.54) is 7.11 Å². The number of carbonyl (C=O) groups is 1. The highest BCUT2D eigenvalue weighted by Gasteiger charge is 2.68. The van der Waals surface area contributed by atoms with Gasteiger partial charge in [-0.3, -0.25) is 9.69 Å². The van der Waals surface area contributed by atoms with E-state index in [4.69, 9.17) is 13.8 Å². The van der Waals surface area contributed by atoms with Gasteiger partial charge in [-0.25, -0.2) is 4.52 Å². The molecule has 2 fully saturated rings. The standard InChI is InChI=1S/C18H24NO5P/c1-4-23-25(21)15-11-18(17(20)22-3)8-5-9-19(18)16(15)13-10-12(2)6-7-14(13)24-25/h6-7,10,15-16H,4-5,8-9,11H2,1-3H3/t15-,16-,18+,25?/m0/s1. The summed E-state index contributed by atoms with van der Waals surface area (Å²) in [5.74, 6) is 0.368. The van der Waals surface area contributed by atoms with Crippen molar-refractivity contribution in [1.29, 1.82) is 0 Å². The van der Waals surface area contributed by atoms with Crippen LogP contribution in [0.25, 0.3) is 0 Å². The number of esters is 1. The first kappa shape index (κ1) is 17.2. The Labute approximate surface area is 148 Å². The largest absolute Gasteiger partial charge is 0.624 e. The minimum atomic E-state index is -3.36. The summed E-state index contributed by atoms with van der Waals surface area (Å²) in [7, 11) is -1.94. The Morgan fingerprint density at radius 1 is 1.52 bits per heavy atom. The van der Waals surface area contributed by atoms with Gasteiger partial charge in [0.05, 0.1) is 19.8 Å². The van der Waals surface area contributed by atoms with Gasteiger partial charge in [-0.05, 0) is 32.8 Å². The Balaban J connectivity index is 1.86. The quantitative estimate of drug-likeness (QED) is 0.605. The minimum Gasteiger partial charge on any atom is -0.624 e. The topological polar surface area (TPSA) is 71.1 Å². The number of carbonyl (C=O) groups excluding carboxylic acids is 1. The van der Waals surface area contributed by atoms with E-state index in [9.17, 15) is 9.69 Å². The first-order valence-corrected chi connectivity index (χ1v) is 10.5. The third-order valence-corrected chi connectivity index (χ3v) is 8.12. The lowest BCUT2D eigenvalue weighted by Crippen LogP contribution is -2.47. The van der Waals surface area contributed by atoms with Crippen LogP contribution >= 0.6 is 7.94 Å². The molecule has 6 nitrogen and oxygen atoms in total. The molecule has 0 bridgehead atoms. The maximum atomic E-state index is 13.6. The van der Waals surface area contributed by atoms with Crippen molar-refractivity contribution in [3.05, 3.63) is 29.3 Å². The maximum absolute atomic E-state index is 13.6. The summed E-state index contributed by atoms with van der Waals surface area (Å²) in [4.78, 5) is 28.4. The van der Waals surface area contributed by atoms with Crippen molar-refractivity contribution < 1.29 is 23.5 Å². The Kier molecular flexibility index (Phi) is 4.08. The second kappa shape index (κ2) is 5.92. The van der Waals surface area contributed by atoms with Crippen molar-refractivity contribution in [2.75, 3.05) is 20.3 Å². The molecule has 3 aliphatic heterocycles. The van der Waals surface area contributed by atoms with Gasteiger partial charge >= 0.3 is 5.97 Å². The van der Waals surface area contributed by atoms with Crippen LogP contribution in [0, 0.1) is 6.92 Å². The molecule has 0 saturated carbocycles. The molecule has 1 aromatic rings. The van der Waals surface area contributed by atoms with Crippen LogP contribution in [0.2, 0.25) is 0 Å². The molecule has 0 N–H and O–H groups in total. The Morgan fingerprint density at radius 3 is 3.04 bits per heavy atom. The maximum Gasteiger partial charge on any atom is 0.326 e. The second-order valence-electron chi connectivity index (χ2n) is 7.13. The molecule has 0 spiro atoms. The number of aryl methyl sites for hydroxylation is 1. The van der Waals surface area contributed by atoms with Gasteiger partial charge in [0, 0.05) is 18.5 Å². The number of fused-ring (bicyclic) bond motifs is 5. The van der Waals surface area contributed by atoms with Crippen molar-refractivity contribution in [2.45, 2.75) is 50.3 Å². The highest BCUT2D eigenvalue weighted by Crippen LogP contribution is 2.71. The van der Waals surface area contributed by atoms with Crippen molar-refractivity contribution >= 4 is 13.9 Å². The van der Waals surface area contributed by atoms with Crippen LogP contribution in [0.3, 0.4) is 0 Å². The molecule has 0 aliphatic carbocycles. The summed E-state index contributed by atoms with van der Waals surface area (Å²) in [6.45, 7) is 4.94. The summed E-state index contributed by atoms with van der Waals surface area (Å²) in [5.41, 5.74) is 1.06. The highest BCUT2D eigenvalue weighted by atomic mass is 31.2. The van der Waals surface area contributed by atoms with Crippen molar-refractivity contribution in [3.63, 3.8) is 0 Å².